The Balaban J connectivity index is 0.00000676. The largest absolute Gasteiger partial charge is 0.472 e. The third-order valence-electron chi connectivity index (χ3n) is 3.09. The van der Waals surface area contributed by atoms with Crippen LogP contribution in [0.2, 0.25) is 0 Å². The van der Waals surface area contributed by atoms with Crippen molar-refractivity contribution >= 4 is 35.8 Å². The van der Waals surface area contributed by atoms with E-state index < -0.39 is 0 Å². The fraction of sp³-hybridized carbons (Fsp3) is 0.526. The Morgan fingerprint density at radius 2 is 1.89 bits per heavy atom. The summed E-state index contributed by atoms with van der Waals surface area (Å²) < 4.78 is 5.71. The Bertz CT molecular complexity index is 636. The molecule has 0 aromatic carbocycles. The number of ether oxygens (including phenoxy) is 1. The first kappa shape index (κ1) is 25.2. The first-order valence-electron chi connectivity index (χ1n) is 8.57. The van der Waals surface area contributed by atoms with E-state index in [-0.39, 0.29) is 42.0 Å². The average Bonchev–Trinajstić information content (AvgIpc) is 2.53. The Kier molecular flexibility index (Phi) is 11.0. The summed E-state index contributed by atoms with van der Waals surface area (Å²) in [5.41, 5.74) is 1.64. The van der Waals surface area contributed by atoms with Crippen molar-refractivity contribution in [3.63, 3.8) is 0 Å². The Morgan fingerprint density at radius 1 is 1.26 bits per heavy atom. The van der Waals surface area contributed by atoms with Gasteiger partial charge >= 0.3 is 0 Å². The minimum Gasteiger partial charge on any atom is -0.472 e. The van der Waals surface area contributed by atoms with Crippen molar-refractivity contribution in [1.82, 2.24) is 20.5 Å². The fourth-order valence-electron chi connectivity index (χ4n) is 1.78. The maximum absolute atomic E-state index is 11.8. The summed E-state index contributed by atoms with van der Waals surface area (Å²) in [5, 5.41) is 6.18. The molecule has 0 bridgehead atoms. The highest BCUT2D eigenvalue weighted by atomic mass is 127. The van der Waals surface area contributed by atoms with Crippen LogP contribution in [0.15, 0.2) is 35.5 Å². The number of carbonyl (C=O) groups is 1. The van der Waals surface area contributed by atoms with Crippen LogP contribution in [0.25, 0.3) is 0 Å². The maximum Gasteiger partial charge on any atom is 0.241 e. The smallest absolute Gasteiger partial charge is 0.241 e. The molecule has 1 heterocycles. The first-order chi connectivity index (χ1) is 12.1. The molecular formula is C19H32IN5O2. The molecule has 0 saturated heterocycles. The molecule has 0 atom stereocenters. The van der Waals surface area contributed by atoms with Crippen molar-refractivity contribution in [3.8, 4) is 5.88 Å². The summed E-state index contributed by atoms with van der Waals surface area (Å²) >= 11 is 0. The number of hydrogen-bond donors (Lipinski definition) is 2. The molecule has 27 heavy (non-hydrogen) atoms. The summed E-state index contributed by atoms with van der Waals surface area (Å²) in [6.45, 7) is 12.9. The summed E-state index contributed by atoms with van der Waals surface area (Å²) in [4.78, 5) is 22.1. The van der Waals surface area contributed by atoms with Gasteiger partial charge in [0.25, 0.3) is 0 Å². The molecule has 0 saturated carbocycles. The van der Waals surface area contributed by atoms with E-state index in [1.165, 1.54) is 4.90 Å². The Morgan fingerprint density at radius 3 is 2.37 bits per heavy atom. The molecule has 1 aromatic heterocycles. The number of amides is 1. The lowest BCUT2D eigenvalue weighted by Crippen LogP contribution is -2.43. The topological polar surface area (TPSA) is 78.9 Å². The normalized spacial score (nSPS) is 11.3. The van der Waals surface area contributed by atoms with Crippen LogP contribution in [-0.2, 0) is 11.3 Å². The Labute approximate surface area is 179 Å². The van der Waals surface area contributed by atoms with Crippen LogP contribution >= 0.6 is 24.0 Å². The van der Waals surface area contributed by atoms with Gasteiger partial charge in [-0.3, -0.25) is 4.79 Å². The molecule has 0 aliphatic carbocycles. The number of hydrogen-bond acceptors (Lipinski definition) is 4. The van der Waals surface area contributed by atoms with E-state index in [9.17, 15) is 4.79 Å². The molecule has 0 aliphatic rings. The summed E-state index contributed by atoms with van der Waals surface area (Å²) in [6.07, 6.45) is 1.74. The molecule has 0 spiro atoms. The zero-order valence-corrected chi connectivity index (χ0v) is 19.5. The van der Waals surface area contributed by atoms with Gasteiger partial charge in [0.15, 0.2) is 5.96 Å². The van der Waals surface area contributed by atoms with E-state index in [2.05, 4.69) is 27.2 Å². The predicted molar refractivity (Wildman–Crippen MR) is 121 cm³/mol. The predicted octanol–water partition coefficient (Wildman–Crippen LogP) is 2.58. The van der Waals surface area contributed by atoms with E-state index in [4.69, 9.17) is 4.74 Å². The van der Waals surface area contributed by atoms with Gasteiger partial charge in [-0.05, 0) is 33.3 Å². The average molecular weight is 489 g/mol. The van der Waals surface area contributed by atoms with Crippen molar-refractivity contribution in [2.75, 3.05) is 27.2 Å². The number of likely N-dealkylation sites (N-methyl/N-ethyl adjacent to an activating group) is 1. The van der Waals surface area contributed by atoms with Crippen LogP contribution in [0.4, 0.5) is 0 Å². The van der Waals surface area contributed by atoms with Gasteiger partial charge in [0, 0.05) is 32.9 Å². The molecule has 0 fully saturated rings. The van der Waals surface area contributed by atoms with E-state index in [0.29, 0.717) is 24.9 Å². The second kappa shape index (κ2) is 11.8. The van der Waals surface area contributed by atoms with Crippen LogP contribution < -0.4 is 15.4 Å². The number of aromatic nitrogens is 1. The monoisotopic (exact) mass is 489 g/mol. The lowest BCUT2D eigenvalue weighted by molar-refractivity contribution is -0.127. The minimum absolute atomic E-state index is 0. The fourth-order valence-corrected chi connectivity index (χ4v) is 1.78. The van der Waals surface area contributed by atoms with Gasteiger partial charge in [-0.25, -0.2) is 9.98 Å². The standard InChI is InChI=1S/C19H31N5O2.HI/c1-14(2)10-21-18(23-13-17(25)24(6)7)22-12-15-8-9-16(20-11-15)26-19(3,4)5;/h8-9,11H,1,10,12-13H2,2-7H3,(H2,21,22,23);1H. The summed E-state index contributed by atoms with van der Waals surface area (Å²) in [7, 11) is 3.43. The molecule has 1 amide bonds. The number of guanidine groups is 1. The maximum atomic E-state index is 11.8. The molecular weight excluding hydrogens is 457 g/mol. The molecule has 2 N–H and O–H groups in total. The van der Waals surface area contributed by atoms with Crippen LogP contribution in [0.1, 0.15) is 33.3 Å². The van der Waals surface area contributed by atoms with Crippen molar-refractivity contribution < 1.29 is 9.53 Å². The lowest BCUT2D eigenvalue weighted by atomic mass is 10.2. The zero-order chi connectivity index (χ0) is 19.7. The minimum atomic E-state index is -0.283. The van der Waals surface area contributed by atoms with Crippen LogP contribution in [0.5, 0.6) is 5.88 Å². The number of carbonyl (C=O) groups excluding carboxylic acids is 1. The number of nitrogens with one attached hydrogen (secondary N) is 2. The SMILES string of the molecule is C=C(C)CNC(=NCc1ccc(OC(C)(C)C)nc1)NCC(=O)N(C)C.I. The molecule has 0 radical (unpaired) electrons. The third kappa shape index (κ3) is 11.5. The van der Waals surface area contributed by atoms with Crippen molar-refractivity contribution in [2.45, 2.75) is 39.8 Å². The van der Waals surface area contributed by atoms with E-state index in [1.54, 1.807) is 20.3 Å². The van der Waals surface area contributed by atoms with Gasteiger partial charge in [-0.1, -0.05) is 18.2 Å². The number of pyridine rings is 1. The number of rotatable bonds is 7. The van der Waals surface area contributed by atoms with Crippen molar-refractivity contribution in [1.29, 1.82) is 0 Å². The van der Waals surface area contributed by atoms with Gasteiger partial charge < -0.3 is 20.3 Å². The second-order valence-corrected chi connectivity index (χ2v) is 7.34. The second-order valence-electron chi connectivity index (χ2n) is 7.34. The van der Waals surface area contributed by atoms with E-state index >= 15 is 0 Å². The third-order valence-corrected chi connectivity index (χ3v) is 3.09. The molecule has 0 aliphatic heterocycles. The van der Waals surface area contributed by atoms with Crippen LogP contribution in [-0.4, -0.2) is 54.5 Å². The summed E-state index contributed by atoms with van der Waals surface area (Å²) in [5.74, 6) is 1.11. The molecule has 1 rings (SSSR count). The van der Waals surface area contributed by atoms with E-state index in [0.717, 1.165) is 11.1 Å². The quantitative estimate of drug-likeness (QED) is 0.267. The van der Waals surface area contributed by atoms with Crippen LogP contribution in [0.3, 0.4) is 0 Å². The molecule has 0 unspecified atom stereocenters. The van der Waals surface area contributed by atoms with Crippen molar-refractivity contribution in [2.24, 2.45) is 4.99 Å². The molecule has 1 aromatic rings. The Hall–Kier alpha value is -1.84. The van der Waals surface area contributed by atoms with Gasteiger partial charge in [0.1, 0.15) is 5.60 Å². The molecule has 8 heteroatoms. The lowest BCUT2D eigenvalue weighted by Gasteiger charge is -2.20. The number of nitrogens with zero attached hydrogens (tertiary/aromatic N) is 3. The number of aliphatic imine (C=N–C) groups is 1. The summed E-state index contributed by atoms with van der Waals surface area (Å²) in [6, 6.07) is 3.76. The highest BCUT2D eigenvalue weighted by Crippen LogP contribution is 2.15. The number of halogens is 1. The molecule has 7 nitrogen and oxygen atoms in total. The van der Waals surface area contributed by atoms with Gasteiger partial charge in [0.05, 0.1) is 13.1 Å². The zero-order valence-electron chi connectivity index (χ0n) is 17.1. The highest BCUT2D eigenvalue weighted by Gasteiger charge is 2.12. The van der Waals surface area contributed by atoms with Gasteiger partial charge in [0.2, 0.25) is 11.8 Å². The highest BCUT2D eigenvalue weighted by molar-refractivity contribution is 14.0. The van der Waals surface area contributed by atoms with Gasteiger partial charge in [-0.2, -0.15) is 0 Å². The first-order valence-corrected chi connectivity index (χ1v) is 8.57. The van der Waals surface area contributed by atoms with Crippen LogP contribution in [0, 0.1) is 0 Å². The molecule has 152 valence electrons. The van der Waals surface area contributed by atoms with Gasteiger partial charge in [-0.15, -0.1) is 24.0 Å². The van der Waals surface area contributed by atoms with E-state index in [1.807, 2.05) is 39.8 Å². The van der Waals surface area contributed by atoms with Crippen molar-refractivity contribution in [3.05, 3.63) is 36.0 Å².